The molecule has 0 amide bonds. The maximum atomic E-state index is 9.10. The van der Waals surface area contributed by atoms with Crippen molar-refractivity contribution in [2.75, 3.05) is 25.5 Å². The van der Waals surface area contributed by atoms with Crippen molar-refractivity contribution < 1.29 is 9.52 Å². The van der Waals surface area contributed by atoms with Gasteiger partial charge < -0.3 is 19.7 Å². The summed E-state index contributed by atoms with van der Waals surface area (Å²) in [5.41, 5.74) is 8.45. The molecule has 44 heavy (non-hydrogen) atoms. The van der Waals surface area contributed by atoms with E-state index in [-0.39, 0.29) is 6.61 Å². The van der Waals surface area contributed by atoms with Crippen molar-refractivity contribution in [1.29, 1.82) is 0 Å². The smallest absolute Gasteiger partial charge is 0.137 e. The molecule has 4 aromatic carbocycles. The van der Waals surface area contributed by atoms with Crippen LogP contribution in [0.2, 0.25) is 0 Å². The van der Waals surface area contributed by atoms with Gasteiger partial charge in [0.05, 0.1) is 11.0 Å². The second-order valence-corrected chi connectivity index (χ2v) is 11.3. The molecule has 6 rings (SSSR count). The number of rotatable bonds is 12. The van der Waals surface area contributed by atoms with Gasteiger partial charge in [-0.15, -0.1) is 0 Å². The Morgan fingerprint density at radius 1 is 0.705 bits per heavy atom. The quantitative estimate of drug-likeness (QED) is 0.112. The van der Waals surface area contributed by atoms with Crippen LogP contribution in [0.3, 0.4) is 0 Å². The minimum atomic E-state index is 0.278. The van der Waals surface area contributed by atoms with Crippen LogP contribution in [-0.2, 0) is 6.54 Å². The SMILES string of the molecule is CN(CCCCCCO)Cc1ccccc1-c1c2ccc(=Nc3ccccc3)cc-2oc2cc(Nc3ccccc3)ccc12. The number of para-hydroxylation sites is 2. The fraction of sp³-hybridized carbons (Fsp3) is 0.205. The number of hydrogen-bond acceptors (Lipinski definition) is 5. The van der Waals surface area contributed by atoms with Gasteiger partial charge in [-0.1, -0.05) is 73.5 Å². The summed E-state index contributed by atoms with van der Waals surface area (Å²) in [6.07, 6.45) is 4.22. The number of unbranched alkanes of at least 4 members (excludes halogenated alkanes) is 3. The fourth-order valence-corrected chi connectivity index (χ4v) is 5.78. The van der Waals surface area contributed by atoms with Crippen LogP contribution in [0.5, 0.6) is 0 Å². The fourth-order valence-electron chi connectivity index (χ4n) is 5.78. The molecule has 2 aliphatic rings. The van der Waals surface area contributed by atoms with Crippen LogP contribution in [0.25, 0.3) is 33.4 Å². The zero-order chi connectivity index (χ0) is 30.1. The van der Waals surface area contributed by atoms with Crippen molar-refractivity contribution in [1.82, 2.24) is 4.90 Å². The highest BCUT2D eigenvalue weighted by molar-refractivity contribution is 6.03. The number of hydrogen-bond donors (Lipinski definition) is 2. The van der Waals surface area contributed by atoms with E-state index in [4.69, 9.17) is 14.5 Å². The molecule has 1 aliphatic carbocycles. The Labute approximate surface area is 259 Å². The molecule has 0 atom stereocenters. The van der Waals surface area contributed by atoms with Gasteiger partial charge in [-0.2, -0.15) is 0 Å². The first kappa shape index (κ1) is 29.4. The van der Waals surface area contributed by atoms with Crippen molar-refractivity contribution in [3.05, 3.63) is 132 Å². The average molecular weight is 582 g/mol. The normalized spacial score (nSPS) is 11.9. The summed E-state index contributed by atoms with van der Waals surface area (Å²) in [6, 6.07) is 41.6. The van der Waals surface area contributed by atoms with E-state index in [0.717, 1.165) is 83.5 Å². The maximum Gasteiger partial charge on any atom is 0.137 e. The van der Waals surface area contributed by atoms with E-state index in [1.54, 1.807) is 0 Å². The van der Waals surface area contributed by atoms with Crippen molar-refractivity contribution in [3.63, 3.8) is 0 Å². The standard InChI is InChI=1S/C39H39N3O2/c1-42(24-12-2-3-13-25-43)28-29-14-10-11-19-34(29)39-35-22-20-32(40-30-15-6-4-7-16-30)26-37(35)44-38-27-33(21-23-36(38)39)41-31-17-8-5-9-18-31/h4-11,14-23,26-27,40,43H,2-3,12-13,24-25,28H2,1H3. The van der Waals surface area contributed by atoms with Gasteiger partial charge in [0.25, 0.3) is 0 Å². The van der Waals surface area contributed by atoms with Gasteiger partial charge >= 0.3 is 0 Å². The third kappa shape index (κ3) is 7.08. The summed E-state index contributed by atoms with van der Waals surface area (Å²) < 4.78 is 6.64. The van der Waals surface area contributed by atoms with E-state index in [2.05, 4.69) is 84.0 Å². The molecule has 0 radical (unpaired) electrons. The van der Waals surface area contributed by atoms with Crippen LogP contribution in [0.1, 0.15) is 31.2 Å². The Balaban J connectivity index is 1.44. The summed E-state index contributed by atoms with van der Waals surface area (Å²) >= 11 is 0. The lowest BCUT2D eigenvalue weighted by atomic mass is 9.90. The summed E-state index contributed by atoms with van der Waals surface area (Å²) in [4.78, 5) is 7.26. The van der Waals surface area contributed by atoms with Gasteiger partial charge in [-0.05, 0) is 86.1 Å². The molecule has 0 saturated carbocycles. The zero-order valence-corrected chi connectivity index (χ0v) is 25.2. The van der Waals surface area contributed by atoms with E-state index in [9.17, 15) is 0 Å². The summed E-state index contributed by atoms with van der Waals surface area (Å²) in [6.45, 7) is 2.14. The van der Waals surface area contributed by atoms with Gasteiger partial charge in [0.15, 0.2) is 0 Å². The maximum absolute atomic E-state index is 9.10. The number of fused-ring (bicyclic) bond motifs is 2. The molecule has 0 spiro atoms. The second-order valence-electron chi connectivity index (χ2n) is 11.3. The Kier molecular flexibility index (Phi) is 9.46. The molecule has 5 nitrogen and oxygen atoms in total. The Morgan fingerprint density at radius 2 is 1.45 bits per heavy atom. The molecule has 0 aromatic heterocycles. The number of nitrogens with one attached hydrogen (secondary N) is 1. The molecule has 0 saturated heterocycles. The first-order chi connectivity index (χ1) is 21.7. The van der Waals surface area contributed by atoms with Crippen LogP contribution in [0.15, 0.2) is 131 Å². The third-order valence-corrected chi connectivity index (χ3v) is 7.96. The Hall–Kier alpha value is -4.71. The van der Waals surface area contributed by atoms with Crippen molar-refractivity contribution in [2.24, 2.45) is 4.99 Å². The van der Waals surface area contributed by atoms with Crippen LogP contribution in [-0.4, -0.2) is 30.2 Å². The molecule has 5 heteroatoms. The van der Waals surface area contributed by atoms with Gasteiger partial charge in [0, 0.05) is 53.2 Å². The van der Waals surface area contributed by atoms with Gasteiger partial charge in [-0.3, -0.25) is 0 Å². The van der Waals surface area contributed by atoms with Gasteiger partial charge in [-0.25, -0.2) is 4.99 Å². The monoisotopic (exact) mass is 581 g/mol. The highest BCUT2D eigenvalue weighted by atomic mass is 16.3. The summed E-state index contributed by atoms with van der Waals surface area (Å²) in [5.74, 6) is 0.800. The lowest BCUT2D eigenvalue weighted by molar-refractivity contribution is 0.277. The predicted molar refractivity (Wildman–Crippen MR) is 182 cm³/mol. The third-order valence-electron chi connectivity index (χ3n) is 7.96. The molecule has 222 valence electrons. The Morgan fingerprint density at radius 3 is 2.27 bits per heavy atom. The topological polar surface area (TPSA) is 61.0 Å². The van der Waals surface area contributed by atoms with E-state index < -0.39 is 0 Å². The van der Waals surface area contributed by atoms with Gasteiger partial charge in [0.2, 0.25) is 0 Å². The predicted octanol–water partition coefficient (Wildman–Crippen LogP) is 9.17. The molecule has 1 aliphatic heterocycles. The van der Waals surface area contributed by atoms with Gasteiger partial charge in [0.1, 0.15) is 11.3 Å². The summed E-state index contributed by atoms with van der Waals surface area (Å²) in [5, 5.41) is 14.5. The van der Waals surface area contributed by atoms with Crippen LogP contribution in [0, 0.1) is 0 Å². The second kappa shape index (κ2) is 14.2. The van der Waals surface area contributed by atoms with Crippen LogP contribution < -0.4 is 10.7 Å². The highest BCUT2D eigenvalue weighted by Gasteiger charge is 2.20. The first-order valence-electron chi connectivity index (χ1n) is 15.5. The first-order valence-corrected chi connectivity index (χ1v) is 15.5. The molecule has 0 unspecified atom stereocenters. The number of aliphatic hydroxyl groups is 1. The lowest BCUT2D eigenvalue weighted by Gasteiger charge is -2.22. The molecular formula is C39H39N3O2. The molecular weight excluding hydrogens is 542 g/mol. The largest absolute Gasteiger partial charge is 0.456 e. The van der Waals surface area contributed by atoms with E-state index in [0.29, 0.717) is 0 Å². The minimum Gasteiger partial charge on any atom is -0.456 e. The number of anilines is 2. The van der Waals surface area contributed by atoms with E-state index in [1.165, 1.54) is 16.7 Å². The Bertz CT molecular complexity index is 1850. The zero-order valence-electron chi connectivity index (χ0n) is 25.2. The number of nitrogens with zero attached hydrogens (tertiary/aromatic N) is 2. The molecule has 1 heterocycles. The lowest BCUT2D eigenvalue weighted by Crippen LogP contribution is -2.19. The average Bonchev–Trinajstić information content (AvgIpc) is 3.05. The summed E-state index contributed by atoms with van der Waals surface area (Å²) in [7, 11) is 2.19. The highest BCUT2D eigenvalue weighted by Crippen LogP contribution is 2.42. The van der Waals surface area contributed by atoms with Crippen molar-refractivity contribution in [3.8, 4) is 22.5 Å². The van der Waals surface area contributed by atoms with E-state index >= 15 is 0 Å². The molecule has 0 bridgehead atoms. The minimum absolute atomic E-state index is 0.278. The molecule has 4 aromatic rings. The van der Waals surface area contributed by atoms with Crippen molar-refractivity contribution >= 4 is 28.0 Å². The van der Waals surface area contributed by atoms with Crippen LogP contribution in [0.4, 0.5) is 17.1 Å². The van der Waals surface area contributed by atoms with E-state index in [1.807, 2.05) is 54.6 Å². The number of aliphatic hydroxyl groups excluding tert-OH is 1. The number of benzene rings is 5. The van der Waals surface area contributed by atoms with Crippen molar-refractivity contribution in [2.45, 2.75) is 32.2 Å². The molecule has 2 N–H and O–H groups in total. The molecule has 0 fully saturated rings. The van der Waals surface area contributed by atoms with Crippen LogP contribution >= 0.6 is 0 Å².